The normalized spacial score (nSPS) is 11.6. The number of aliphatic hydroxyl groups excluding tert-OH is 1. The molecule has 0 saturated heterocycles. The van der Waals surface area contributed by atoms with Crippen LogP contribution in [0.5, 0.6) is 11.5 Å². The fraction of sp³-hybridized carbons (Fsp3) is 0.381. The van der Waals surface area contributed by atoms with E-state index in [1.807, 2.05) is 37.3 Å². The molecule has 0 radical (unpaired) electrons. The number of rotatable bonds is 11. The van der Waals surface area contributed by atoms with Crippen molar-refractivity contribution in [2.75, 3.05) is 26.4 Å². The Morgan fingerprint density at radius 3 is 2.27 bits per heavy atom. The highest BCUT2D eigenvalue weighted by Gasteiger charge is 2.11. The molecule has 0 aromatic heterocycles. The largest absolute Gasteiger partial charge is 0.494 e. The zero-order chi connectivity index (χ0) is 18.6. The Balaban J connectivity index is 1.72. The first-order chi connectivity index (χ1) is 12.7. The van der Waals surface area contributed by atoms with Crippen molar-refractivity contribution in [3.63, 3.8) is 0 Å². The van der Waals surface area contributed by atoms with Crippen molar-refractivity contribution < 1.29 is 19.4 Å². The van der Waals surface area contributed by atoms with E-state index in [-0.39, 0.29) is 25.0 Å². The van der Waals surface area contributed by atoms with Gasteiger partial charge in [-0.3, -0.25) is 4.79 Å². The van der Waals surface area contributed by atoms with Crippen molar-refractivity contribution in [1.82, 2.24) is 5.32 Å². The second-order valence-electron chi connectivity index (χ2n) is 5.95. The van der Waals surface area contributed by atoms with Gasteiger partial charge < -0.3 is 19.9 Å². The van der Waals surface area contributed by atoms with E-state index in [1.165, 1.54) is 5.56 Å². The summed E-state index contributed by atoms with van der Waals surface area (Å²) in [6.07, 6.45) is 1.46. The Hall–Kier alpha value is -2.53. The van der Waals surface area contributed by atoms with Gasteiger partial charge in [0.25, 0.3) is 5.91 Å². The molecule has 26 heavy (non-hydrogen) atoms. The number of aliphatic hydroxyl groups is 1. The fourth-order valence-electron chi connectivity index (χ4n) is 2.74. The Morgan fingerprint density at radius 1 is 1.00 bits per heavy atom. The molecule has 0 saturated carbocycles. The maximum absolute atomic E-state index is 12.0. The van der Waals surface area contributed by atoms with Crippen LogP contribution >= 0.6 is 0 Å². The standard InChI is InChI=1S/C21H27NO4/c1-2-25-19-8-10-20(11-9-19)26-16-21(24)22-14-12-18(13-15-23)17-6-4-3-5-7-17/h3-11,18,23H,2,12-16H2,1H3,(H,22,24). The van der Waals surface area contributed by atoms with Crippen LogP contribution in [0.15, 0.2) is 54.6 Å². The van der Waals surface area contributed by atoms with Crippen LogP contribution in [-0.2, 0) is 4.79 Å². The predicted octanol–water partition coefficient (Wildman–Crippen LogP) is 3.14. The van der Waals surface area contributed by atoms with Gasteiger partial charge in [0.2, 0.25) is 0 Å². The van der Waals surface area contributed by atoms with Crippen molar-refractivity contribution >= 4 is 5.91 Å². The van der Waals surface area contributed by atoms with Crippen molar-refractivity contribution in [2.45, 2.75) is 25.7 Å². The molecule has 1 atom stereocenters. The average Bonchev–Trinajstić information content (AvgIpc) is 2.68. The number of carbonyl (C=O) groups excluding carboxylic acids is 1. The van der Waals surface area contributed by atoms with Gasteiger partial charge in [-0.25, -0.2) is 0 Å². The summed E-state index contributed by atoms with van der Waals surface area (Å²) < 4.78 is 10.8. The summed E-state index contributed by atoms with van der Waals surface area (Å²) in [5, 5.41) is 12.1. The highest BCUT2D eigenvalue weighted by Crippen LogP contribution is 2.22. The SMILES string of the molecule is CCOc1ccc(OCC(=O)NCCC(CCO)c2ccccc2)cc1. The predicted molar refractivity (Wildman–Crippen MR) is 102 cm³/mol. The van der Waals surface area contributed by atoms with Gasteiger partial charge in [0.1, 0.15) is 11.5 Å². The number of hydrogen-bond acceptors (Lipinski definition) is 4. The first-order valence-electron chi connectivity index (χ1n) is 9.01. The van der Waals surface area contributed by atoms with Crippen LogP contribution in [0.4, 0.5) is 0 Å². The first kappa shape index (κ1) is 19.8. The molecule has 2 rings (SSSR count). The minimum atomic E-state index is -0.158. The summed E-state index contributed by atoms with van der Waals surface area (Å²) in [5.74, 6) is 1.48. The molecular formula is C21H27NO4. The quantitative estimate of drug-likeness (QED) is 0.648. The Kier molecular flexibility index (Phi) is 8.49. The zero-order valence-corrected chi connectivity index (χ0v) is 15.2. The lowest BCUT2D eigenvalue weighted by Crippen LogP contribution is -2.30. The number of amides is 1. The molecule has 1 amide bonds. The Bertz CT molecular complexity index is 643. The highest BCUT2D eigenvalue weighted by atomic mass is 16.5. The van der Waals surface area contributed by atoms with Crippen LogP contribution in [0, 0.1) is 0 Å². The Labute approximate surface area is 155 Å². The third kappa shape index (κ3) is 6.76. The van der Waals surface area contributed by atoms with Gasteiger partial charge >= 0.3 is 0 Å². The lowest BCUT2D eigenvalue weighted by molar-refractivity contribution is -0.123. The number of hydrogen-bond donors (Lipinski definition) is 2. The second kappa shape index (κ2) is 11.2. The highest BCUT2D eigenvalue weighted by molar-refractivity contribution is 5.77. The van der Waals surface area contributed by atoms with E-state index in [1.54, 1.807) is 12.1 Å². The van der Waals surface area contributed by atoms with Crippen LogP contribution < -0.4 is 14.8 Å². The third-order valence-corrected chi connectivity index (χ3v) is 4.07. The van der Waals surface area contributed by atoms with Crippen molar-refractivity contribution in [3.8, 4) is 11.5 Å². The number of carbonyl (C=O) groups is 1. The second-order valence-corrected chi connectivity index (χ2v) is 5.95. The van der Waals surface area contributed by atoms with Crippen LogP contribution in [0.25, 0.3) is 0 Å². The van der Waals surface area contributed by atoms with Gasteiger partial charge in [-0.15, -0.1) is 0 Å². The number of benzene rings is 2. The molecule has 0 spiro atoms. The summed E-state index contributed by atoms with van der Waals surface area (Å²) in [5.41, 5.74) is 1.18. The van der Waals surface area contributed by atoms with E-state index in [4.69, 9.17) is 9.47 Å². The van der Waals surface area contributed by atoms with Crippen LogP contribution in [-0.4, -0.2) is 37.4 Å². The molecule has 0 fully saturated rings. The summed E-state index contributed by atoms with van der Waals surface area (Å²) in [7, 11) is 0. The maximum atomic E-state index is 12.0. The molecule has 140 valence electrons. The minimum Gasteiger partial charge on any atom is -0.494 e. The third-order valence-electron chi connectivity index (χ3n) is 4.07. The van der Waals surface area contributed by atoms with Crippen LogP contribution in [0.3, 0.4) is 0 Å². The molecule has 2 aromatic rings. The number of nitrogens with one attached hydrogen (secondary N) is 1. The summed E-state index contributed by atoms with van der Waals surface area (Å²) in [4.78, 5) is 12.0. The van der Waals surface area contributed by atoms with Gasteiger partial charge in [-0.05, 0) is 55.5 Å². The first-order valence-corrected chi connectivity index (χ1v) is 9.01. The average molecular weight is 357 g/mol. The Morgan fingerprint density at radius 2 is 1.65 bits per heavy atom. The summed E-state index contributed by atoms with van der Waals surface area (Å²) in [6.45, 7) is 3.20. The summed E-state index contributed by atoms with van der Waals surface area (Å²) in [6, 6.07) is 17.3. The van der Waals surface area contributed by atoms with Gasteiger partial charge in [0.15, 0.2) is 6.61 Å². The molecule has 2 N–H and O–H groups in total. The molecule has 0 heterocycles. The monoisotopic (exact) mass is 357 g/mol. The molecular weight excluding hydrogens is 330 g/mol. The van der Waals surface area contributed by atoms with Crippen molar-refractivity contribution in [2.24, 2.45) is 0 Å². The molecule has 2 aromatic carbocycles. The molecule has 0 aliphatic carbocycles. The summed E-state index contributed by atoms with van der Waals surface area (Å²) >= 11 is 0. The zero-order valence-electron chi connectivity index (χ0n) is 15.2. The van der Waals surface area contributed by atoms with E-state index in [9.17, 15) is 9.90 Å². The topological polar surface area (TPSA) is 67.8 Å². The van der Waals surface area contributed by atoms with E-state index in [2.05, 4.69) is 17.4 Å². The lowest BCUT2D eigenvalue weighted by Gasteiger charge is -2.16. The maximum Gasteiger partial charge on any atom is 0.257 e. The lowest BCUT2D eigenvalue weighted by atomic mass is 9.93. The van der Waals surface area contributed by atoms with Gasteiger partial charge in [-0.2, -0.15) is 0 Å². The molecule has 5 nitrogen and oxygen atoms in total. The molecule has 0 bridgehead atoms. The molecule has 0 aliphatic rings. The van der Waals surface area contributed by atoms with E-state index in [0.717, 1.165) is 12.2 Å². The van der Waals surface area contributed by atoms with Crippen LogP contribution in [0.1, 0.15) is 31.2 Å². The minimum absolute atomic E-state index is 0.0238. The van der Waals surface area contributed by atoms with Gasteiger partial charge in [0, 0.05) is 13.2 Å². The van der Waals surface area contributed by atoms with Crippen molar-refractivity contribution in [3.05, 3.63) is 60.2 Å². The number of ether oxygens (including phenoxy) is 2. The smallest absolute Gasteiger partial charge is 0.257 e. The van der Waals surface area contributed by atoms with E-state index >= 15 is 0 Å². The molecule has 5 heteroatoms. The molecule has 0 aliphatic heterocycles. The van der Waals surface area contributed by atoms with E-state index in [0.29, 0.717) is 25.3 Å². The van der Waals surface area contributed by atoms with Crippen LogP contribution in [0.2, 0.25) is 0 Å². The fourth-order valence-corrected chi connectivity index (χ4v) is 2.74. The van der Waals surface area contributed by atoms with E-state index < -0.39 is 0 Å². The van der Waals surface area contributed by atoms with Gasteiger partial charge in [-0.1, -0.05) is 30.3 Å². The molecule has 1 unspecified atom stereocenters. The van der Waals surface area contributed by atoms with Crippen molar-refractivity contribution in [1.29, 1.82) is 0 Å². The van der Waals surface area contributed by atoms with Gasteiger partial charge in [0.05, 0.1) is 6.61 Å².